The van der Waals surface area contributed by atoms with Crippen LogP contribution in [0.3, 0.4) is 0 Å². The lowest BCUT2D eigenvalue weighted by Crippen LogP contribution is -2.69. The van der Waals surface area contributed by atoms with Gasteiger partial charge in [0.15, 0.2) is 0 Å². The first-order valence-electron chi connectivity index (χ1n) is 12.4. The van der Waals surface area contributed by atoms with Gasteiger partial charge in [-0.15, -0.1) is 0 Å². The molecule has 1 aromatic carbocycles. The minimum Gasteiger partial charge on any atom is -0.496 e. The van der Waals surface area contributed by atoms with E-state index in [1.807, 2.05) is 43.9 Å². The van der Waals surface area contributed by atoms with Gasteiger partial charge in [-0.05, 0) is 45.2 Å². The van der Waals surface area contributed by atoms with E-state index in [2.05, 4.69) is 0 Å². The van der Waals surface area contributed by atoms with Gasteiger partial charge in [0.25, 0.3) is 0 Å². The lowest BCUT2D eigenvalue weighted by molar-refractivity contribution is -0.166. The van der Waals surface area contributed by atoms with Crippen molar-refractivity contribution in [2.45, 2.75) is 76.5 Å². The number of carbonyl (C=O) groups is 2. The number of fused-ring (bicyclic) bond motifs is 5. The summed E-state index contributed by atoms with van der Waals surface area (Å²) in [5.41, 5.74) is 1.25. The number of aliphatic hydroxyl groups excluding tert-OH is 1. The van der Waals surface area contributed by atoms with E-state index in [0.29, 0.717) is 25.2 Å². The summed E-state index contributed by atoms with van der Waals surface area (Å²) in [6.07, 6.45) is -0.309. The van der Waals surface area contributed by atoms with E-state index in [9.17, 15) is 14.7 Å². The molecule has 0 unspecified atom stereocenters. The van der Waals surface area contributed by atoms with Crippen molar-refractivity contribution in [1.29, 1.82) is 0 Å². The highest BCUT2D eigenvalue weighted by Crippen LogP contribution is 2.50. The van der Waals surface area contributed by atoms with Crippen molar-refractivity contribution < 1.29 is 38.4 Å². The number of methoxy groups -OCH3 is 2. The first kappa shape index (κ1) is 26.7. The van der Waals surface area contributed by atoms with Crippen molar-refractivity contribution in [2.75, 3.05) is 34.2 Å². The fraction of sp³-hybridized carbons (Fsp3) is 0.692. The fourth-order valence-corrected chi connectivity index (χ4v) is 6.07. The smallest absolute Gasteiger partial charge is 0.410 e. The number of carbonyl (C=O) groups excluding carboxylic acids is 2. The van der Waals surface area contributed by atoms with Crippen molar-refractivity contribution in [1.82, 2.24) is 9.80 Å². The number of nitrogens with zero attached hydrogens (tertiary/aromatic N) is 2. The number of aliphatic hydroxyl groups is 1. The molecule has 0 aromatic heterocycles. The Kier molecular flexibility index (Phi) is 7.80. The highest BCUT2D eigenvalue weighted by Gasteiger charge is 2.61. The Morgan fingerprint density at radius 1 is 1.14 bits per heavy atom. The Balaban J connectivity index is 1.77. The van der Waals surface area contributed by atoms with E-state index in [1.165, 1.54) is 6.92 Å². The second-order valence-corrected chi connectivity index (χ2v) is 10.7. The van der Waals surface area contributed by atoms with Gasteiger partial charge < -0.3 is 28.8 Å². The van der Waals surface area contributed by atoms with Crippen LogP contribution in [-0.4, -0.2) is 91.1 Å². The zero-order valence-electron chi connectivity index (χ0n) is 21.9. The maximum Gasteiger partial charge on any atom is 0.410 e. The van der Waals surface area contributed by atoms with Crippen molar-refractivity contribution in [2.24, 2.45) is 5.92 Å². The average molecular weight is 507 g/mol. The molecule has 0 saturated carbocycles. The summed E-state index contributed by atoms with van der Waals surface area (Å²) < 4.78 is 27.7. The quantitative estimate of drug-likeness (QED) is 0.339. The molecule has 2 fully saturated rings. The van der Waals surface area contributed by atoms with Crippen LogP contribution in [0.15, 0.2) is 18.2 Å². The van der Waals surface area contributed by atoms with E-state index in [4.69, 9.17) is 23.7 Å². The van der Waals surface area contributed by atoms with E-state index in [1.54, 1.807) is 19.1 Å². The Hall–Kier alpha value is -2.40. The average Bonchev–Trinajstić information content (AvgIpc) is 3.14. The molecule has 200 valence electrons. The summed E-state index contributed by atoms with van der Waals surface area (Å²) in [7, 11) is 3.17. The molecule has 3 heterocycles. The molecule has 3 aliphatic rings. The molecule has 10 heteroatoms. The molecule has 0 spiro atoms. The zero-order chi connectivity index (χ0) is 26.2. The minimum absolute atomic E-state index is 0.0381. The maximum atomic E-state index is 13.4. The summed E-state index contributed by atoms with van der Waals surface area (Å²) in [6, 6.07) is 4.37. The van der Waals surface area contributed by atoms with Crippen LogP contribution in [0.4, 0.5) is 4.79 Å². The van der Waals surface area contributed by atoms with Crippen molar-refractivity contribution in [3.05, 3.63) is 29.3 Å². The van der Waals surface area contributed by atoms with Gasteiger partial charge in [-0.1, -0.05) is 12.1 Å². The third-order valence-corrected chi connectivity index (χ3v) is 7.21. The molecule has 1 amide bonds. The number of ether oxygens (including phenoxy) is 5. The van der Waals surface area contributed by atoms with Gasteiger partial charge in [-0.25, -0.2) is 4.79 Å². The summed E-state index contributed by atoms with van der Waals surface area (Å²) in [5, 5.41) is 11.8. The molecular formula is C26H38N2O8. The predicted molar refractivity (Wildman–Crippen MR) is 129 cm³/mol. The third-order valence-electron chi connectivity index (χ3n) is 7.21. The molecule has 3 aliphatic heterocycles. The van der Waals surface area contributed by atoms with Crippen LogP contribution < -0.4 is 4.74 Å². The molecule has 0 radical (unpaired) electrons. The van der Waals surface area contributed by atoms with Crippen LogP contribution >= 0.6 is 0 Å². The van der Waals surface area contributed by atoms with E-state index >= 15 is 0 Å². The largest absolute Gasteiger partial charge is 0.496 e. The topological polar surface area (TPSA) is 107 Å². The van der Waals surface area contributed by atoms with Crippen molar-refractivity contribution >= 4 is 12.1 Å². The fourth-order valence-electron chi connectivity index (χ4n) is 6.07. The number of hydrogen-bond acceptors (Lipinski definition) is 9. The minimum atomic E-state index is -0.996. The second kappa shape index (κ2) is 10.5. The van der Waals surface area contributed by atoms with Crippen LogP contribution in [0.2, 0.25) is 0 Å². The molecule has 36 heavy (non-hydrogen) atoms. The lowest BCUT2D eigenvalue weighted by Gasteiger charge is -2.55. The molecule has 2 saturated heterocycles. The van der Waals surface area contributed by atoms with E-state index in [-0.39, 0.29) is 31.4 Å². The first-order valence-corrected chi connectivity index (χ1v) is 12.4. The van der Waals surface area contributed by atoms with E-state index < -0.39 is 36.0 Å². The van der Waals surface area contributed by atoms with Crippen LogP contribution in [0.1, 0.15) is 51.3 Å². The second-order valence-electron chi connectivity index (χ2n) is 10.7. The van der Waals surface area contributed by atoms with Crippen molar-refractivity contribution in [3.63, 3.8) is 0 Å². The normalized spacial score (nSPS) is 29.4. The molecule has 6 atom stereocenters. The number of benzene rings is 1. The van der Waals surface area contributed by atoms with Gasteiger partial charge in [0.1, 0.15) is 31.0 Å². The van der Waals surface area contributed by atoms with Crippen LogP contribution in [0, 0.1) is 5.92 Å². The van der Waals surface area contributed by atoms with Crippen LogP contribution in [0.5, 0.6) is 5.75 Å². The predicted octanol–water partition coefficient (Wildman–Crippen LogP) is 2.47. The molecule has 10 nitrogen and oxygen atoms in total. The van der Waals surface area contributed by atoms with Gasteiger partial charge in [0.2, 0.25) is 0 Å². The number of amides is 1. The summed E-state index contributed by atoms with van der Waals surface area (Å²) in [6.45, 7) is 7.45. The molecule has 2 bridgehead atoms. The van der Waals surface area contributed by atoms with Crippen molar-refractivity contribution in [3.8, 4) is 5.75 Å². The summed E-state index contributed by atoms with van der Waals surface area (Å²) in [4.78, 5) is 28.9. The van der Waals surface area contributed by atoms with Crippen LogP contribution in [0.25, 0.3) is 0 Å². The zero-order valence-corrected chi connectivity index (χ0v) is 21.9. The monoisotopic (exact) mass is 506 g/mol. The molecular weight excluding hydrogens is 468 g/mol. The Labute approximate surface area is 212 Å². The molecule has 0 aliphatic carbocycles. The van der Waals surface area contributed by atoms with Crippen LogP contribution in [-0.2, 0) is 30.2 Å². The summed E-state index contributed by atoms with van der Waals surface area (Å²) >= 11 is 0. The van der Waals surface area contributed by atoms with E-state index in [0.717, 1.165) is 11.1 Å². The Morgan fingerprint density at radius 2 is 1.89 bits per heavy atom. The SMILES string of the molecule is COCOC[C@@H]1C[C@H]2[C@H](O)N3[C@@H](COC(C)=O)c4c(cccc4OC)C[C@H]3[C@@H]1N2C(=O)OC(C)(C)C. The Bertz CT molecular complexity index is 964. The van der Waals surface area contributed by atoms with Gasteiger partial charge in [0, 0.05) is 31.6 Å². The molecule has 1 N–H and O–H groups in total. The Morgan fingerprint density at radius 3 is 2.53 bits per heavy atom. The van der Waals surface area contributed by atoms with Gasteiger partial charge in [-0.3, -0.25) is 14.6 Å². The number of esters is 1. The van der Waals surface area contributed by atoms with Gasteiger partial charge >= 0.3 is 12.1 Å². The van der Waals surface area contributed by atoms with Gasteiger partial charge in [-0.2, -0.15) is 0 Å². The number of piperazine rings is 1. The highest BCUT2D eigenvalue weighted by atomic mass is 16.7. The van der Waals surface area contributed by atoms with Gasteiger partial charge in [0.05, 0.1) is 31.8 Å². The highest BCUT2D eigenvalue weighted by molar-refractivity contribution is 5.70. The number of hydrogen-bond donors (Lipinski definition) is 1. The first-order chi connectivity index (χ1) is 17.1. The third kappa shape index (κ3) is 5.04. The summed E-state index contributed by atoms with van der Waals surface area (Å²) in [5.74, 6) is 0.241. The molecule has 1 aromatic rings. The standard InChI is InChI=1S/C26H38N2O8/c1-15(29)35-13-20-22-16(8-7-9-21(22)33-6)10-18-23-17(12-34-14-32-5)11-19(24(30)27(18)20)28(23)25(31)36-26(2,3)4/h7-9,17-20,23-24,30H,10-14H2,1-6H3/t17-,18-,19-,20-,23+,24-/m0/s1. The molecule has 4 rings (SSSR count). The maximum absolute atomic E-state index is 13.4. The lowest BCUT2D eigenvalue weighted by atomic mass is 9.81. The number of rotatable bonds is 7.